The first-order valence-corrected chi connectivity index (χ1v) is 5.89. The van der Waals surface area contributed by atoms with Crippen LogP contribution in [-0.4, -0.2) is 17.6 Å². The van der Waals surface area contributed by atoms with Crippen molar-refractivity contribution in [1.82, 2.24) is 5.32 Å². The summed E-state index contributed by atoms with van der Waals surface area (Å²) >= 11 is 0. The summed E-state index contributed by atoms with van der Waals surface area (Å²) in [5.74, 6) is 1.45. The van der Waals surface area contributed by atoms with Crippen LogP contribution in [0.2, 0.25) is 0 Å². The van der Waals surface area contributed by atoms with Gasteiger partial charge in [0.2, 0.25) is 5.91 Å². The summed E-state index contributed by atoms with van der Waals surface area (Å²) in [6.45, 7) is 1.88. The monoisotopic (exact) mass is 261 g/mol. The van der Waals surface area contributed by atoms with Gasteiger partial charge in [0.1, 0.15) is 23.4 Å². The molecule has 2 aromatic rings. The van der Waals surface area contributed by atoms with Crippen molar-refractivity contribution in [2.75, 3.05) is 6.54 Å². The second-order valence-electron chi connectivity index (χ2n) is 4.06. The molecule has 0 aliphatic carbocycles. The van der Waals surface area contributed by atoms with Crippen LogP contribution >= 0.6 is 0 Å². The van der Waals surface area contributed by atoms with Gasteiger partial charge in [0.15, 0.2) is 0 Å². The zero-order chi connectivity index (χ0) is 13.7. The van der Waals surface area contributed by atoms with Crippen LogP contribution in [-0.2, 0) is 4.79 Å². The summed E-state index contributed by atoms with van der Waals surface area (Å²) in [7, 11) is 0. The fourth-order valence-electron chi connectivity index (χ4n) is 1.53. The molecule has 0 saturated heterocycles. The van der Waals surface area contributed by atoms with E-state index < -0.39 is 6.10 Å². The molecule has 0 saturated carbocycles. The third kappa shape index (κ3) is 3.86. The number of furan rings is 2. The Morgan fingerprint density at radius 3 is 2.95 bits per heavy atom. The molecule has 0 aliphatic rings. The van der Waals surface area contributed by atoms with Gasteiger partial charge in [0.25, 0.3) is 0 Å². The minimum atomic E-state index is -0.852. The van der Waals surface area contributed by atoms with E-state index in [0.717, 1.165) is 5.76 Å². The van der Waals surface area contributed by atoms with Crippen molar-refractivity contribution in [3.8, 4) is 0 Å². The van der Waals surface area contributed by atoms with Gasteiger partial charge in [-0.15, -0.1) is 0 Å². The minimum Gasteiger partial charge on any atom is -0.465 e. The van der Waals surface area contributed by atoms with Gasteiger partial charge in [-0.25, -0.2) is 0 Å². The van der Waals surface area contributed by atoms with E-state index in [4.69, 9.17) is 8.83 Å². The molecule has 100 valence electrons. The molecule has 5 nitrogen and oxygen atoms in total. The molecule has 0 aliphatic heterocycles. The van der Waals surface area contributed by atoms with Crippen LogP contribution in [0.4, 0.5) is 0 Å². The van der Waals surface area contributed by atoms with Crippen molar-refractivity contribution >= 4 is 12.0 Å². The quantitative estimate of drug-likeness (QED) is 0.808. The van der Waals surface area contributed by atoms with Gasteiger partial charge < -0.3 is 19.3 Å². The first kappa shape index (κ1) is 13.2. The summed E-state index contributed by atoms with van der Waals surface area (Å²) in [5.41, 5.74) is 0. The highest BCUT2D eigenvalue weighted by Crippen LogP contribution is 2.14. The number of hydrogen-bond acceptors (Lipinski definition) is 4. The molecule has 2 heterocycles. The van der Waals surface area contributed by atoms with E-state index in [0.29, 0.717) is 11.5 Å². The van der Waals surface area contributed by atoms with Crippen LogP contribution in [0.25, 0.3) is 6.08 Å². The average Bonchev–Trinajstić information content (AvgIpc) is 3.04. The van der Waals surface area contributed by atoms with Crippen molar-refractivity contribution in [1.29, 1.82) is 0 Å². The molecule has 0 bridgehead atoms. The van der Waals surface area contributed by atoms with E-state index in [1.807, 2.05) is 0 Å². The second-order valence-corrected chi connectivity index (χ2v) is 4.06. The molecule has 2 aromatic heterocycles. The molecule has 0 radical (unpaired) electrons. The van der Waals surface area contributed by atoms with Gasteiger partial charge in [-0.3, -0.25) is 4.79 Å². The average molecular weight is 261 g/mol. The van der Waals surface area contributed by atoms with Crippen molar-refractivity contribution < 1.29 is 18.7 Å². The van der Waals surface area contributed by atoms with E-state index in [1.54, 1.807) is 37.3 Å². The standard InChI is InChI=1S/C14H15NO4/c1-10-4-6-13(19-10)12(16)9-15-14(17)7-5-11-3-2-8-18-11/h2-8,12,16H,9H2,1H3,(H,15,17)/b7-5+. The van der Waals surface area contributed by atoms with Gasteiger partial charge in [-0.2, -0.15) is 0 Å². The Morgan fingerprint density at radius 1 is 1.47 bits per heavy atom. The number of aryl methyl sites for hydroxylation is 1. The van der Waals surface area contributed by atoms with Crippen LogP contribution in [0.15, 0.2) is 45.4 Å². The predicted octanol–water partition coefficient (Wildman–Crippen LogP) is 2.04. The van der Waals surface area contributed by atoms with Crippen LogP contribution in [0.1, 0.15) is 23.4 Å². The lowest BCUT2D eigenvalue weighted by molar-refractivity contribution is -0.116. The Labute approximate surface area is 110 Å². The summed E-state index contributed by atoms with van der Waals surface area (Å²) in [5, 5.41) is 12.4. The molecule has 2 N–H and O–H groups in total. The summed E-state index contributed by atoms with van der Waals surface area (Å²) < 4.78 is 10.3. The van der Waals surface area contributed by atoms with Crippen LogP contribution in [0.5, 0.6) is 0 Å². The highest BCUT2D eigenvalue weighted by atomic mass is 16.4. The molecule has 2 rings (SSSR count). The number of carbonyl (C=O) groups excluding carboxylic acids is 1. The van der Waals surface area contributed by atoms with Crippen molar-refractivity contribution in [2.24, 2.45) is 0 Å². The molecule has 5 heteroatoms. The zero-order valence-electron chi connectivity index (χ0n) is 10.5. The number of carbonyl (C=O) groups is 1. The molecular formula is C14H15NO4. The van der Waals surface area contributed by atoms with Gasteiger partial charge in [0.05, 0.1) is 12.8 Å². The zero-order valence-corrected chi connectivity index (χ0v) is 10.5. The highest BCUT2D eigenvalue weighted by molar-refractivity contribution is 5.91. The Kier molecular flexibility index (Phi) is 4.20. The van der Waals surface area contributed by atoms with Gasteiger partial charge >= 0.3 is 0 Å². The Balaban J connectivity index is 1.80. The molecule has 1 unspecified atom stereocenters. The number of rotatable bonds is 5. The lowest BCUT2D eigenvalue weighted by atomic mass is 10.2. The highest BCUT2D eigenvalue weighted by Gasteiger charge is 2.11. The van der Waals surface area contributed by atoms with E-state index in [-0.39, 0.29) is 12.5 Å². The maximum Gasteiger partial charge on any atom is 0.244 e. The van der Waals surface area contributed by atoms with E-state index in [2.05, 4.69) is 5.32 Å². The number of amides is 1. The van der Waals surface area contributed by atoms with Crippen molar-refractivity contribution in [2.45, 2.75) is 13.0 Å². The van der Waals surface area contributed by atoms with Crippen LogP contribution in [0, 0.1) is 6.92 Å². The largest absolute Gasteiger partial charge is 0.465 e. The van der Waals surface area contributed by atoms with Crippen LogP contribution < -0.4 is 5.32 Å². The fraction of sp³-hybridized carbons (Fsp3) is 0.214. The SMILES string of the molecule is Cc1ccc(C(O)CNC(=O)/C=C/c2ccco2)o1. The minimum absolute atomic E-state index is 0.0915. The topological polar surface area (TPSA) is 75.6 Å². The molecule has 0 fully saturated rings. The number of aliphatic hydroxyl groups is 1. The Bertz CT molecular complexity index is 554. The first-order chi connectivity index (χ1) is 9.15. The summed E-state index contributed by atoms with van der Waals surface area (Å²) in [4.78, 5) is 11.5. The van der Waals surface area contributed by atoms with Crippen LogP contribution in [0.3, 0.4) is 0 Å². The normalized spacial score (nSPS) is 12.7. The molecule has 1 amide bonds. The van der Waals surface area contributed by atoms with E-state index in [1.165, 1.54) is 12.3 Å². The predicted molar refractivity (Wildman–Crippen MR) is 69.2 cm³/mol. The lowest BCUT2D eigenvalue weighted by Crippen LogP contribution is -2.26. The molecular weight excluding hydrogens is 246 g/mol. The van der Waals surface area contributed by atoms with Crippen molar-refractivity contribution in [3.05, 3.63) is 53.9 Å². The lowest BCUT2D eigenvalue weighted by Gasteiger charge is -2.07. The Morgan fingerprint density at radius 2 is 2.32 bits per heavy atom. The van der Waals surface area contributed by atoms with Gasteiger partial charge in [-0.1, -0.05) is 0 Å². The molecule has 19 heavy (non-hydrogen) atoms. The fourth-order valence-corrected chi connectivity index (χ4v) is 1.53. The van der Waals surface area contributed by atoms with Crippen molar-refractivity contribution in [3.63, 3.8) is 0 Å². The van der Waals surface area contributed by atoms with E-state index in [9.17, 15) is 9.90 Å². The second kappa shape index (κ2) is 6.06. The first-order valence-electron chi connectivity index (χ1n) is 5.89. The maximum absolute atomic E-state index is 11.5. The third-order valence-corrected chi connectivity index (χ3v) is 2.50. The number of aliphatic hydroxyl groups excluding tert-OH is 1. The number of hydrogen-bond donors (Lipinski definition) is 2. The number of nitrogens with one attached hydrogen (secondary N) is 1. The molecule has 0 spiro atoms. The molecule has 1 atom stereocenters. The third-order valence-electron chi connectivity index (χ3n) is 2.50. The maximum atomic E-state index is 11.5. The summed E-state index contributed by atoms with van der Waals surface area (Å²) in [6.07, 6.45) is 3.58. The Hall–Kier alpha value is -2.27. The molecule has 0 aromatic carbocycles. The smallest absolute Gasteiger partial charge is 0.244 e. The van der Waals surface area contributed by atoms with Gasteiger partial charge in [0, 0.05) is 6.08 Å². The van der Waals surface area contributed by atoms with Gasteiger partial charge in [-0.05, 0) is 37.3 Å². The van der Waals surface area contributed by atoms with E-state index >= 15 is 0 Å². The summed E-state index contributed by atoms with van der Waals surface area (Å²) in [6, 6.07) is 6.92.